The van der Waals surface area contributed by atoms with Crippen molar-refractivity contribution in [2.24, 2.45) is 0 Å². The third-order valence-electron chi connectivity index (χ3n) is 20.3. The van der Waals surface area contributed by atoms with Gasteiger partial charge < -0.3 is 185 Å². The highest BCUT2D eigenvalue weighted by molar-refractivity contribution is 5.57. The molecule has 0 spiro atoms. The van der Waals surface area contributed by atoms with Crippen LogP contribution in [-0.2, 0) is 153 Å². The molecule has 0 aliphatic carbocycles. The smallest absolute Gasteiger partial charge is 0.203 e. The predicted molar refractivity (Wildman–Crippen MR) is 528 cm³/mol. The number of methoxy groups -OCH3 is 9. The highest BCUT2D eigenvalue weighted by atomic mass is 16.6. The maximum atomic E-state index is 6.71. The molecule has 39 nitrogen and oxygen atoms in total. The van der Waals surface area contributed by atoms with Crippen molar-refractivity contribution in [3.05, 3.63) is 143 Å². The molecule has 0 heterocycles. The molecule has 6 aromatic carbocycles. The summed E-state index contributed by atoms with van der Waals surface area (Å²) in [4.78, 5) is 0. The van der Waals surface area contributed by atoms with Gasteiger partial charge in [0.05, 0.1) is 297 Å². The summed E-state index contributed by atoms with van der Waals surface area (Å²) in [6.45, 7) is 21.4. The Labute approximate surface area is 845 Å². The zero-order chi connectivity index (χ0) is 102. The van der Waals surface area contributed by atoms with Gasteiger partial charge in [0.2, 0.25) is 17.2 Å². The van der Waals surface area contributed by atoms with Crippen LogP contribution in [0, 0.1) is 0 Å². The second-order valence-electron chi connectivity index (χ2n) is 30.9. The van der Waals surface area contributed by atoms with Crippen LogP contribution in [0.5, 0.6) is 69.0 Å². The van der Waals surface area contributed by atoms with Gasteiger partial charge in [-0.15, -0.1) is 0 Å². The normalized spacial score (nSPS) is 11.5. The lowest BCUT2D eigenvalue weighted by molar-refractivity contribution is 0.0146. The third kappa shape index (κ3) is 57.1. The van der Waals surface area contributed by atoms with E-state index >= 15 is 0 Å². The van der Waals surface area contributed by atoms with Crippen molar-refractivity contribution in [3.63, 3.8) is 0 Å². The van der Waals surface area contributed by atoms with Crippen LogP contribution in [0.3, 0.4) is 0 Å². The van der Waals surface area contributed by atoms with Gasteiger partial charge >= 0.3 is 0 Å². The summed E-state index contributed by atoms with van der Waals surface area (Å²) in [5.74, 6) is 5.28. The minimum Gasteiger partial charge on any atom is -0.489 e. The van der Waals surface area contributed by atoms with Crippen molar-refractivity contribution in [1.82, 2.24) is 0 Å². The fraction of sp³-hybridized carbons (Fsp3) is 0.654. The molecule has 0 N–H and O–H groups in total. The Bertz CT molecular complexity index is 3430. The molecule has 0 unspecified atom stereocenters. The first-order valence-corrected chi connectivity index (χ1v) is 48.8. The van der Waals surface area contributed by atoms with E-state index in [1.165, 1.54) is 0 Å². The van der Waals surface area contributed by atoms with Crippen LogP contribution >= 0.6 is 0 Å². The topological polar surface area (TPSA) is 360 Å². The fourth-order valence-electron chi connectivity index (χ4n) is 12.9. The Hall–Kier alpha value is -8.16. The van der Waals surface area contributed by atoms with Gasteiger partial charge in [-0.2, -0.15) is 0 Å². The van der Waals surface area contributed by atoms with Gasteiger partial charge in [-0.05, 0) is 113 Å². The summed E-state index contributed by atoms with van der Waals surface area (Å²) < 4.78 is 228. The van der Waals surface area contributed by atoms with Crippen molar-refractivity contribution < 1.29 is 185 Å². The Kier molecular flexibility index (Phi) is 74.2. The molecular weight excluding hydrogens is 1870 g/mol. The number of hydrogen-bond acceptors (Lipinski definition) is 39. The standard InChI is InChI=1S/C104H162O39/c1-104(89-11-17-92(18-12-89)141-83-86-77-95(132-68-59-123-50-41-114-32-23-105-2)101(138-74-65-129-56-47-120-38-29-111-8)96(78-86)133-69-60-124-51-42-115-33-24-106-3,90-13-19-93(20-14-90)142-84-87-79-97(134-70-61-125-52-43-116-34-25-107-4)102(139-75-66-130-57-48-121-39-30-112-9)98(80-87)135-71-62-126-53-44-117-35-26-108-5)91-15-21-94(22-16-91)143-85-88-81-99(136-72-63-127-54-45-118-36-27-109-6)103(140-76-67-131-58-49-122-40-31-113-10)100(82-88)137-73-64-128-55-46-119-37-28-110-7/h11-22,77-82H,23-76,83-85H2,1-10H3. The van der Waals surface area contributed by atoms with Crippen LogP contribution in [0.4, 0.5) is 0 Å². The maximum absolute atomic E-state index is 6.71. The van der Waals surface area contributed by atoms with E-state index in [-0.39, 0.29) is 139 Å². The molecule has 0 saturated carbocycles. The molecule has 6 aromatic rings. The van der Waals surface area contributed by atoms with Crippen molar-refractivity contribution in [2.45, 2.75) is 32.2 Å². The number of hydrogen-bond donors (Lipinski definition) is 0. The molecule has 6 rings (SSSR count). The first-order valence-electron chi connectivity index (χ1n) is 48.8. The quantitative estimate of drug-likeness (QED) is 0.0253. The Morgan fingerprint density at radius 3 is 0.413 bits per heavy atom. The van der Waals surface area contributed by atoms with E-state index in [4.69, 9.17) is 185 Å². The maximum Gasteiger partial charge on any atom is 0.203 e. The fourth-order valence-corrected chi connectivity index (χ4v) is 12.9. The lowest BCUT2D eigenvalue weighted by Gasteiger charge is -2.32. The molecule has 0 radical (unpaired) electrons. The second kappa shape index (κ2) is 85.9. The molecule has 0 aliphatic rings. The van der Waals surface area contributed by atoms with E-state index in [1.54, 1.807) is 64.0 Å². The summed E-state index contributed by atoms with van der Waals surface area (Å²) in [6, 6.07) is 35.4. The SMILES string of the molecule is COCCOCCOCCOc1cc(COc2ccc(C(C)(c3ccc(OCc4cc(OCCOCCOCCOC)c(OCCOCCOCCOC)c(OCCOCCOCCOC)c4)cc3)c3ccc(OCc4cc(OCCOCCOCCOC)c(OCCOCCOCCOC)c(OCCOCCOCCOC)c4)cc3)cc2)cc(OCCOCCOCCOC)c1OCCOCCOCCOC. The summed E-state index contributed by atoms with van der Waals surface area (Å²) in [5, 5.41) is 0. The molecule has 0 aromatic heterocycles. The van der Waals surface area contributed by atoms with E-state index in [0.717, 1.165) is 33.4 Å². The summed E-state index contributed by atoms with van der Waals surface area (Å²) in [6.07, 6.45) is 0. The van der Waals surface area contributed by atoms with Gasteiger partial charge in [0.15, 0.2) is 34.5 Å². The van der Waals surface area contributed by atoms with Crippen LogP contribution in [0.25, 0.3) is 0 Å². The molecule has 39 heteroatoms. The van der Waals surface area contributed by atoms with E-state index in [2.05, 4.69) is 43.3 Å². The monoisotopic (exact) mass is 2040 g/mol. The van der Waals surface area contributed by atoms with Gasteiger partial charge in [0, 0.05) is 69.4 Å². The average molecular weight is 2040 g/mol. The van der Waals surface area contributed by atoms with E-state index in [1.807, 2.05) is 72.8 Å². The van der Waals surface area contributed by atoms with E-state index < -0.39 is 5.41 Å². The highest BCUT2D eigenvalue weighted by Crippen LogP contribution is 2.45. The molecule has 0 aliphatic heterocycles. The minimum absolute atomic E-state index is 0.0987. The number of benzene rings is 6. The van der Waals surface area contributed by atoms with Crippen LogP contribution in [0.1, 0.15) is 40.3 Å². The molecule has 143 heavy (non-hydrogen) atoms. The first kappa shape index (κ1) is 124. The molecule has 0 bridgehead atoms. The first-order chi connectivity index (χ1) is 70.7. The average Bonchev–Trinajstić information content (AvgIpc) is 0.759. The zero-order valence-electron chi connectivity index (χ0n) is 86.1. The van der Waals surface area contributed by atoms with Crippen molar-refractivity contribution in [1.29, 1.82) is 0 Å². The minimum atomic E-state index is -0.842. The lowest BCUT2D eigenvalue weighted by Crippen LogP contribution is -2.25. The van der Waals surface area contributed by atoms with Crippen LogP contribution in [0.15, 0.2) is 109 Å². The summed E-state index contributed by atoms with van der Waals surface area (Å²) in [5.41, 5.74) is 4.12. The Morgan fingerprint density at radius 2 is 0.273 bits per heavy atom. The molecule has 0 atom stereocenters. The largest absolute Gasteiger partial charge is 0.489 e. The number of ether oxygens (including phenoxy) is 39. The molecule has 0 saturated heterocycles. The summed E-state index contributed by atoms with van der Waals surface area (Å²) >= 11 is 0. The van der Waals surface area contributed by atoms with Crippen LogP contribution in [0.2, 0.25) is 0 Å². The van der Waals surface area contributed by atoms with Crippen LogP contribution in [-0.4, -0.2) is 421 Å². The summed E-state index contributed by atoms with van der Waals surface area (Å²) in [7, 11) is 14.6. The van der Waals surface area contributed by atoms with Gasteiger partial charge in [-0.3, -0.25) is 0 Å². The van der Waals surface area contributed by atoms with E-state index in [0.29, 0.717) is 307 Å². The van der Waals surface area contributed by atoms with Gasteiger partial charge in [0.1, 0.15) is 96.5 Å². The Balaban J connectivity index is 1.38. The number of rotatable bonds is 102. The molecule has 0 fully saturated rings. The second-order valence-corrected chi connectivity index (χ2v) is 30.9. The van der Waals surface area contributed by atoms with Gasteiger partial charge in [-0.25, -0.2) is 0 Å². The zero-order valence-corrected chi connectivity index (χ0v) is 86.1. The molecule has 0 amide bonds. The third-order valence-corrected chi connectivity index (χ3v) is 20.3. The highest BCUT2D eigenvalue weighted by Gasteiger charge is 2.32. The predicted octanol–water partition coefficient (Wildman–Crippen LogP) is 10.3. The van der Waals surface area contributed by atoms with Crippen molar-refractivity contribution in [2.75, 3.05) is 421 Å². The Morgan fingerprint density at radius 1 is 0.147 bits per heavy atom. The van der Waals surface area contributed by atoms with Crippen molar-refractivity contribution >= 4 is 0 Å². The van der Waals surface area contributed by atoms with Gasteiger partial charge in [-0.1, -0.05) is 36.4 Å². The van der Waals surface area contributed by atoms with E-state index in [9.17, 15) is 0 Å². The molecular formula is C104H162O39. The van der Waals surface area contributed by atoms with Crippen LogP contribution < -0.4 is 56.8 Å². The lowest BCUT2D eigenvalue weighted by atomic mass is 9.71. The molecule has 812 valence electrons. The van der Waals surface area contributed by atoms with Crippen molar-refractivity contribution in [3.8, 4) is 69.0 Å². The van der Waals surface area contributed by atoms with Gasteiger partial charge in [0.25, 0.3) is 0 Å².